The van der Waals surface area contributed by atoms with Crippen LogP contribution in [0.5, 0.6) is 0 Å². The highest BCUT2D eigenvalue weighted by Gasteiger charge is 2.20. The number of hydrogen-bond donors (Lipinski definition) is 0. The van der Waals surface area contributed by atoms with Crippen molar-refractivity contribution in [1.82, 2.24) is 0 Å². The van der Waals surface area contributed by atoms with Gasteiger partial charge < -0.3 is 0 Å². The molecule has 0 aliphatic carbocycles. The van der Waals surface area contributed by atoms with Crippen molar-refractivity contribution in [3.63, 3.8) is 0 Å². The minimum Gasteiger partial charge on any atom is -0.294 e. The zero-order valence-electron chi connectivity index (χ0n) is 12.4. The van der Waals surface area contributed by atoms with E-state index in [9.17, 15) is 18.8 Å². The molecule has 2 aromatic rings. The standard InChI is InChI=1S/C18H14ClFO3/c1-11-2-5-14(19)8-13(11)9-17(22)18(23)10-16(21)12-3-6-15(20)7-4-12/h2-8H,9-10H2,1H3. The number of Topliss-reactive ketones (excluding diaryl/α,β-unsaturated/α-hetero) is 3. The topological polar surface area (TPSA) is 51.2 Å². The van der Waals surface area contributed by atoms with Gasteiger partial charge in [0, 0.05) is 17.0 Å². The van der Waals surface area contributed by atoms with Crippen LogP contribution in [0.4, 0.5) is 4.39 Å². The van der Waals surface area contributed by atoms with Crippen LogP contribution in [0.2, 0.25) is 5.02 Å². The summed E-state index contributed by atoms with van der Waals surface area (Å²) < 4.78 is 12.8. The molecule has 0 atom stereocenters. The van der Waals surface area contributed by atoms with E-state index in [1.165, 1.54) is 12.1 Å². The van der Waals surface area contributed by atoms with Gasteiger partial charge in [-0.1, -0.05) is 17.7 Å². The Morgan fingerprint density at radius 1 is 1.00 bits per heavy atom. The van der Waals surface area contributed by atoms with Crippen LogP contribution < -0.4 is 0 Å². The number of hydrogen-bond acceptors (Lipinski definition) is 3. The molecule has 118 valence electrons. The van der Waals surface area contributed by atoms with Crippen molar-refractivity contribution in [3.05, 3.63) is 70.0 Å². The van der Waals surface area contributed by atoms with Crippen molar-refractivity contribution in [1.29, 1.82) is 0 Å². The highest BCUT2D eigenvalue weighted by Crippen LogP contribution is 2.16. The first-order valence-corrected chi connectivity index (χ1v) is 7.34. The lowest BCUT2D eigenvalue weighted by Gasteiger charge is -2.05. The maximum Gasteiger partial charge on any atom is 0.206 e. The number of aryl methyl sites for hydroxylation is 1. The molecule has 0 aromatic heterocycles. The third-order valence-corrected chi connectivity index (χ3v) is 3.70. The van der Waals surface area contributed by atoms with E-state index in [2.05, 4.69) is 0 Å². The summed E-state index contributed by atoms with van der Waals surface area (Å²) in [5, 5.41) is 0.480. The summed E-state index contributed by atoms with van der Waals surface area (Å²) in [5.74, 6) is -2.39. The first-order valence-electron chi connectivity index (χ1n) is 6.96. The fourth-order valence-electron chi connectivity index (χ4n) is 2.08. The van der Waals surface area contributed by atoms with Crippen LogP contribution in [0.25, 0.3) is 0 Å². The molecule has 0 spiro atoms. The van der Waals surface area contributed by atoms with E-state index in [1.54, 1.807) is 18.2 Å². The highest BCUT2D eigenvalue weighted by atomic mass is 35.5. The zero-order valence-corrected chi connectivity index (χ0v) is 13.2. The molecule has 2 aromatic carbocycles. The van der Waals surface area contributed by atoms with Crippen molar-refractivity contribution >= 4 is 29.0 Å². The zero-order chi connectivity index (χ0) is 17.0. The van der Waals surface area contributed by atoms with Crippen LogP contribution in [0, 0.1) is 12.7 Å². The van der Waals surface area contributed by atoms with Gasteiger partial charge in [-0.15, -0.1) is 0 Å². The molecule has 2 rings (SSSR count). The summed E-state index contributed by atoms with van der Waals surface area (Å²) in [4.78, 5) is 35.8. The van der Waals surface area contributed by atoms with Gasteiger partial charge in [0.05, 0.1) is 6.42 Å². The predicted molar refractivity (Wildman–Crippen MR) is 85.3 cm³/mol. The molecule has 0 amide bonds. The fraction of sp³-hybridized carbons (Fsp3) is 0.167. The molecule has 5 heteroatoms. The van der Waals surface area contributed by atoms with Gasteiger partial charge in [-0.3, -0.25) is 14.4 Å². The third-order valence-electron chi connectivity index (χ3n) is 3.46. The van der Waals surface area contributed by atoms with Crippen LogP contribution in [-0.4, -0.2) is 17.3 Å². The van der Waals surface area contributed by atoms with E-state index in [4.69, 9.17) is 11.6 Å². The van der Waals surface area contributed by atoms with E-state index in [0.717, 1.165) is 17.7 Å². The number of carbonyl (C=O) groups is 3. The van der Waals surface area contributed by atoms with Crippen molar-refractivity contribution in [3.8, 4) is 0 Å². The maximum atomic E-state index is 12.8. The average molecular weight is 333 g/mol. The lowest BCUT2D eigenvalue weighted by Crippen LogP contribution is -2.20. The second-order valence-corrected chi connectivity index (χ2v) is 5.64. The second kappa shape index (κ2) is 7.29. The smallest absolute Gasteiger partial charge is 0.206 e. The highest BCUT2D eigenvalue weighted by molar-refractivity contribution is 6.41. The number of benzene rings is 2. The number of halogens is 2. The predicted octanol–water partition coefficient (Wildman–Crippen LogP) is 3.74. The summed E-state index contributed by atoms with van der Waals surface area (Å²) in [5.41, 5.74) is 1.71. The van der Waals surface area contributed by atoms with E-state index >= 15 is 0 Å². The minimum atomic E-state index is -0.765. The Morgan fingerprint density at radius 3 is 2.30 bits per heavy atom. The summed E-state index contributed by atoms with van der Waals surface area (Å²) in [6, 6.07) is 9.94. The van der Waals surface area contributed by atoms with Crippen molar-refractivity contribution < 1.29 is 18.8 Å². The van der Waals surface area contributed by atoms with Crippen LogP contribution in [-0.2, 0) is 16.0 Å². The number of rotatable bonds is 6. The SMILES string of the molecule is Cc1ccc(Cl)cc1CC(=O)C(=O)CC(=O)c1ccc(F)cc1. The molecule has 0 saturated heterocycles. The Hall–Kier alpha value is -2.33. The average Bonchev–Trinajstić information content (AvgIpc) is 2.51. The van der Waals surface area contributed by atoms with Gasteiger partial charge in [0.2, 0.25) is 11.6 Å². The van der Waals surface area contributed by atoms with Gasteiger partial charge in [-0.2, -0.15) is 0 Å². The summed E-state index contributed by atoms with van der Waals surface area (Å²) >= 11 is 5.88. The molecule has 23 heavy (non-hydrogen) atoms. The van der Waals surface area contributed by atoms with Gasteiger partial charge in [0.1, 0.15) is 5.82 Å². The van der Waals surface area contributed by atoms with Crippen molar-refractivity contribution in [2.75, 3.05) is 0 Å². The first kappa shape index (κ1) is 17.0. The number of carbonyl (C=O) groups excluding carboxylic acids is 3. The molecule has 0 radical (unpaired) electrons. The quantitative estimate of drug-likeness (QED) is 0.460. The van der Waals surface area contributed by atoms with Crippen molar-refractivity contribution in [2.45, 2.75) is 19.8 Å². The molecule has 0 unspecified atom stereocenters. The molecule has 0 bridgehead atoms. The third kappa shape index (κ3) is 4.57. The first-order chi connectivity index (χ1) is 10.9. The van der Waals surface area contributed by atoms with E-state index in [-0.39, 0.29) is 12.0 Å². The molecule has 0 N–H and O–H groups in total. The molecule has 0 aliphatic rings. The normalized spacial score (nSPS) is 10.4. The number of ketones is 3. The Morgan fingerprint density at radius 2 is 1.65 bits per heavy atom. The van der Waals surface area contributed by atoms with E-state index in [1.807, 2.05) is 6.92 Å². The maximum absolute atomic E-state index is 12.8. The van der Waals surface area contributed by atoms with Crippen LogP contribution in [0.1, 0.15) is 27.9 Å². The molecule has 0 aliphatic heterocycles. The fourth-order valence-corrected chi connectivity index (χ4v) is 2.28. The molecule has 0 fully saturated rings. The largest absolute Gasteiger partial charge is 0.294 e. The molecule has 0 heterocycles. The van der Waals surface area contributed by atoms with E-state index < -0.39 is 29.6 Å². The molecule has 3 nitrogen and oxygen atoms in total. The minimum absolute atomic E-state index is 0.0953. The molecular formula is C18H14ClFO3. The van der Waals surface area contributed by atoms with Crippen LogP contribution in [0.15, 0.2) is 42.5 Å². The second-order valence-electron chi connectivity index (χ2n) is 5.20. The lowest BCUT2D eigenvalue weighted by molar-refractivity contribution is -0.135. The summed E-state index contributed by atoms with van der Waals surface area (Å²) in [7, 11) is 0. The lowest BCUT2D eigenvalue weighted by atomic mass is 9.98. The van der Waals surface area contributed by atoms with Gasteiger partial charge in [0.25, 0.3) is 0 Å². The summed E-state index contributed by atoms with van der Waals surface area (Å²) in [6.07, 6.45) is -0.619. The van der Waals surface area contributed by atoms with Gasteiger partial charge in [-0.05, 0) is 54.4 Å². The van der Waals surface area contributed by atoms with Gasteiger partial charge >= 0.3 is 0 Å². The summed E-state index contributed by atoms with van der Waals surface area (Å²) in [6.45, 7) is 1.81. The Balaban J connectivity index is 2.02. The Kier molecular flexibility index (Phi) is 5.40. The van der Waals surface area contributed by atoms with E-state index in [0.29, 0.717) is 10.6 Å². The Bertz CT molecular complexity index is 766. The monoisotopic (exact) mass is 332 g/mol. The van der Waals surface area contributed by atoms with Gasteiger partial charge in [0.15, 0.2) is 5.78 Å². The Labute approximate surface area is 138 Å². The van der Waals surface area contributed by atoms with Crippen LogP contribution >= 0.6 is 11.6 Å². The van der Waals surface area contributed by atoms with Gasteiger partial charge in [-0.25, -0.2) is 4.39 Å². The van der Waals surface area contributed by atoms with Crippen molar-refractivity contribution in [2.24, 2.45) is 0 Å². The molecule has 0 saturated carbocycles. The van der Waals surface area contributed by atoms with Crippen LogP contribution in [0.3, 0.4) is 0 Å². The molecular weight excluding hydrogens is 319 g/mol.